The van der Waals surface area contributed by atoms with E-state index in [2.05, 4.69) is 18.8 Å². The Labute approximate surface area is 195 Å². The highest BCUT2D eigenvalue weighted by atomic mass is 32.1. The number of aromatic nitrogens is 3. The number of hydrogen-bond donors (Lipinski definition) is 7. The molecule has 190 valence electrons. The molecule has 8 N–H and O–H groups in total. The van der Waals surface area contributed by atoms with Gasteiger partial charge in [0.15, 0.2) is 12.2 Å². The number of nitrogens with zero attached hydrogens (tertiary/aromatic N) is 3. The number of phosphoric acid groups is 2. The van der Waals surface area contributed by atoms with Crippen LogP contribution in [0.4, 0.5) is 10.2 Å². The summed E-state index contributed by atoms with van der Waals surface area (Å²) in [7, 11) is -15.9. The van der Waals surface area contributed by atoms with Crippen LogP contribution in [0.15, 0.2) is 11.8 Å². The zero-order valence-electron chi connectivity index (χ0n) is 17.5. The molecule has 34 heavy (non-hydrogen) atoms. The lowest BCUT2D eigenvalue weighted by Crippen LogP contribution is -2.39. The van der Waals surface area contributed by atoms with Crippen LogP contribution in [-0.2, 0) is 35.5 Å². The quantitative estimate of drug-likeness (QED) is 0.121. The summed E-state index contributed by atoms with van der Waals surface area (Å²) in [4.78, 5) is 53.1. The molecule has 0 amide bonds. The SMILES string of the molecule is Cc1ncc(C[n+]2c(/C(O)=C(\F)P(=O)(O)O)sc(CCOP(=O)(O)OP(=O)(O)O)c2C)c(N)n1. The minimum absolute atomic E-state index is 0.0659. The highest BCUT2D eigenvalue weighted by Gasteiger charge is 2.36. The number of aliphatic hydroxyl groups excluding tert-OH is 1. The first-order chi connectivity index (χ1) is 15.4. The van der Waals surface area contributed by atoms with Crippen molar-refractivity contribution < 1.29 is 61.1 Å². The van der Waals surface area contributed by atoms with E-state index in [4.69, 9.17) is 25.3 Å². The van der Waals surface area contributed by atoms with Gasteiger partial charge in [-0.2, -0.15) is 13.3 Å². The van der Waals surface area contributed by atoms with Crippen LogP contribution in [0.25, 0.3) is 5.76 Å². The summed E-state index contributed by atoms with van der Waals surface area (Å²) in [5.74, 6) is -0.901. The van der Waals surface area contributed by atoms with Crippen LogP contribution in [0.1, 0.15) is 27.0 Å². The van der Waals surface area contributed by atoms with Gasteiger partial charge in [0.25, 0.3) is 5.57 Å². The number of nitrogen functional groups attached to an aromatic ring is 1. The Morgan fingerprint density at radius 1 is 1.21 bits per heavy atom. The van der Waals surface area contributed by atoms with Crippen molar-refractivity contribution in [3.63, 3.8) is 0 Å². The minimum Gasteiger partial charge on any atom is -0.499 e. The highest BCUT2D eigenvalue weighted by Crippen LogP contribution is 2.57. The first kappa shape index (κ1) is 28.6. The van der Waals surface area contributed by atoms with Crippen molar-refractivity contribution in [3.05, 3.63) is 38.7 Å². The molecular formula is C14H21FN4O11P3S+. The summed E-state index contributed by atoms with van der Waals surface area (Å²) in [5, 5.41) is 9.91. The van der Waals surface area contributed by atoms with E-state index in [1.54, 1.807) is 6.92 Å². The smallest absolute Gasteiger partial charge is 0.481 e. The van der Waals surface area contributed by atoms with Crippen LogP contribution in [-0.4, -0.2) is 46.1 Å². The fourth-order valence-electron chi connectivity index (χ4n) is 2.59. The monoisotopic (exact) mass is 565 g/mol. The van der Waals surface area contributed by atoms with Crippen molar-refractivity contribution in [2.45, 2.75) is 26.8 Å². The van der Waals surface area contributed by atoms with Gasteiger partial charge in [0, 0.05) is 19.5 Å². The fraction of sp³-hybridized carbons (Fsp3) is 0.357. The Morgan fingerprint density at radius 2 is 1.82 bits per heavy atom. The lowest BCUT2D eigenvalue weighted by Gasteiger charge is -2.11. The predicted molar refractivity (Wildman–Crippen MR) is 115 cm³/mol. The third kappa shape index (κ3) is 7.70. The summed E-state index contributed by atoms with van der Waals surface area (Å²) < 4.78 is 57.2. The average Bonchev–Trinajstić information content (AvgIpc) is 2.96. The summed E-state index contributed by atoms with van der Waals surface area (Å²) in [6.45, 7) is 2.33. The molecule has 15 nitrogen and oxygen atoms in total. The predicted octanol–water partition coefficient (Wildman–Crippen LogP) is 1.17. The summed E-state index contributed by atoms with van der Waals surface area (Å²) in [6, 6.07) is 0. The van der Waals surface area contributed by atoms with Gasteiger partial charge in [-0.25, -0.2) is 19.1 Å². The van der Waals surface area contributed by atoms with E-state index >= 15 is 0 Å². The number of anilines is 1. The van der Waals surface area contributed by atoms with Crippen molar-refractivity contribution in [2.75, 3.05) is 12.3 Å². The molecule has 1 atom stereocenters. The first-order valence-electron chi connectivity index (χ1n) is 8.91. The molecule has 0 saturated heterocycles. The van der Waals surface area contributed by atoms with Gasteiger partial charge in [-0.05, 0) is 6.92 Å². The molecule has 0 spiro atoms. The minimum atomic E-state index is -5.44. The Morgan fingerprint density at radius 3 is 2.35 bits per heavy atom. The molecule has 2 aromatic rings. The molecule has 0 aliphatic heterocycles. The molecule has 0 saturated carbocycles. The maximum absolute atomic E-state index is 14.2. The number of hydrogen-bond acceptors (Lipinski definition) is 10. The Hall–Kier alpha value is -1.61. The van der Waals surface area contributed by atoms with Crippen LogP contribution >= 0.6 is 34.6 Å². The standard InChI is InChI=1S/C14H20FN4O11P3S/c1-7-10(3-4-29-33(27,28)30-32(24,25)26)34-14(11(20)12(15)31(21,22)23)19(7)6-9-5-17-8(2)18-13(9)16/h5H,3-4,6H2,1-2H3,(H7-,16,17,18,20,21,22,23,24,25,26,27,28)/p+1. The molecule has 2 heterocycles. The van der Waals surface area contributed by atoms with E-state index in [9.17, 15) is 28.1 Å². The molecule has 20 heteroatoms. The third-order valence-electron chi connectivity index (χ3n) is 4.07. The number of aliphatic hydroxyl groups is 1. The molecule has 0 aliphatic rings. The van der Waals surface area contributed by atoms with E-state index in [-0.39, 0.29) is 23.8 Å². The van der Waals surface area contributed by atoms with Crippen molar-refractivity contribution in [1.82, 2.24) is 9.97 Å². The normalized spacial score (nSPS) is 15.2. The number of aryl methyl sites for hydroxylation is 1. The lowest BCUT2D eigenvalue weighted by atomic mass is 10.2. The Balaban J connectivity index is 2.45. The second-order valence-corrected chi connectivity index (χ2v) is 12.0. The topological polar surface area (TPSA) is 247 Å². The first-order valence-corrected chi connectivity index (χ1v) is 14.4. The molecule has 0 fully saturated rings. The second-order valence-electron chi connectivity index (χ2n) is 6.64. The van der Waals surface area contributed by atoms with E-state index in [1.807, 2.05) is 0 Å². The molecule has 2 aromatic heterocycles. The largest absolute Gasteiger partial charge is 0.499 e. The van der Waals surface area contributed by atoms with Gasteiger partial charge in [0.05, 0.1) is 17.0 Å². The van der Waals surface area contributed by atoms with Gasteiger partial charge in [0.2, 0.25) is 5.76 Å². The van der Waals surface area contributed by atoms with Crippen molar-refractivity contribution in [1.29, 1.82) is 0 Å². The fourth-order valence-corrected chi connectivity index (χ4v) is 5.81. The van der Waals surface area contributed by atoms with Crippen LogP contribution < -0.4 is 10.3 Å². The van der Waals surface area contributed by atoms with Gasteiger partial charge < -0.3 is 35.3 Å². The van der Waals surface area contributed by atoms with Crippen molar-refractivity contribution in [2.24, 2.45) is 0 Å². The van der Waals surface area contributed by atoms with E-state index in [0.29, 0.717) is 33.3 Å². The van der Waals surface area contributed by atoms with Crippen molar-refractivity contribution >= 4 is 46.2 Å². The number of rotatable bonds is 10. The number of phosphoric ester groups is 1. The van der Waals surface area contributed by atoms with Gasteiger partial charge in [-0.15, -0.1) is 0 Å². The maximum atomic E-state index is 14.2. The Kier molecular flexibility index (Phi) is 8.89. The van der Waals surface area contributed by atoms with E-state index in [0.717, 1.165) is 0 Å². The molecule has 0 bridgehead atoms. The second kappa shape index (κ2) is 10.6. The zero-order valence-corrected chi connectivity index (χ0v) is 21.0. The van der Waals surface area contributed by atoms with Crippen LogP contribution in [0.2, 0.25) is 0 Å². The zero-order chi connectivity index (χ0) is 26.1. The van der Waals surface area contributed by atoms with Crippen molar-refractivity contribution in [3.8, 4) is 0 Å². The molecule has 0 radical (unpaired) electrons. The van der Waals surface area contributed by atoms with Gasteiger partial charge >= 0.3 is 28.2 Å². The Bertz CT molecular complexity index is 1260. The van der Waals surface area contributed by atoms with E-state index < -0.39 is 41.2 Å². The summed E-state index contributed by atoms with van der Waals surface area (Å²) >= 11 is 0.675. The van der Waals surface area contributed by atoms with Gasteiger partial charge in [0.1, 0.15) is 11.6 Å². The number of thiazole rings is 1. The van der Waals surface area contributed by atoms with E-state index in [1.165, 1.54) is 17.7 Å². The highest BCUT2D eigenvalue weighted by molar-refractivity contribution is 7.60. The average molecular weight is 565 g/mol. The number of nitrogens with two attached hydrogens (primary N) is 1. The van der Waals surface area contributed by atoms with Gasteiger partial charge in [-0.3, -0.25) is 9.09 Å². The summed E-state index contributed by atoms with van der Waals surface area (Å²) in [5.41, 5.74) is 4.44. The molecule has 2 rings (SSSR count). The molecule has 0 aliphatic carbocycles. The summed E-state index contributed by atoms with van der Waals surface area (Å²) in [6.07, 6.45) is 1.17. The lowest BCUT2D eigenvalue weighted by molar-refractivity contribution is -0.692. The molecular weight excluding hydrogens is 544 g/mol. The van der Waals surface area contributed by atoms with Crippen LogP contribution in [0.3, 0.4) is 0 Å². The molecule has 1 unspecified atom stereocenters. The molecule has 0 aromatic carbocycles. The van der Waals surface area contributed by atoms with Crippen LogP contribution in [0.5, 0.6) is 0 Å². The van der Waals surface area contributed by atoms with Gasteiger partial charge in [-0.1, -0.05) is 11.3 Å². The maximum Gasteiger partial charge on any atom is 0.481 e. The van der Waals surface area contributed by atoms with Crippen LogP contribution in [0, 0.1) is 13.8 Å². The third-order valence-corrected chi connectivity index (χ3v) is 8.33. The number of halogens is 1.